The van der Waals surface area contributed by atoms with Crippen molar-refractivity contribution in [2.45, 2.75) is 6.54 Å². The number of hydrogen-bond acceptors (Lipinski definition) is 3. The van der Waals surface area contributed by atoms with Crippen LogP contribution >= 0.6 is 0 Å². The molecular formula is C11H16FN3. The molecule has 1 aromatic carbocycles. The Morgan fingerprint density at radius 3 is 2.27 bits per heavy atom. The molecule has 2 rings (SSSR count). The van der Waals surface area contributed by atoms with Crippen molar-refractivity contribution in [2.24, 2.45) is 5.84 Å². The summed E-state index contributed by atoms with van der Waals surface area (Å²) in [6.45, 7) is 4.65. The highest BCUT2D eigenvalue weighted by Gasteiger charge is 2.13. The van der Waals surface area contributed by atoms with Crippen molar-refractivity contribution in [1.29, 1.82) is 0 Å². The zero-order valence-electron chi connectivity index (χ0n) is 8.69. The van der Waals surface area contributed by atoms with E-state index in [0.29, 0.717) is 0 Å². The van der Waals surface area contributed by atoms with Gasteiger partial charge in [0.25, 0.3) is 0 Å². The molecule has 4 heteroatoms. The monoisotopic (exact) mass is 209 g/mol. The Morgan fingerprint density at radius 1 is 1.07 bits per heavy atom. The van der Waals surface area contributed by atoms with Crippen molar-refractivity contribution in [3.05, 3.63) is 35.6 Å². The molecule has 0 atom stereocenters. The molecule has 2 N–H and O–H groups in total. The molecule has 0 aromatic heterocycles. The molecule has 0 amide bonds. The number of benzene rings is 1. The SMILES string of the molecule is NN1CCN(Cc2ccc(F)cc2)CC1. The van der Waals surface area contributed by atoms with Gasteiger partial charge in [-0.05, 0) is 17.7 Å². The second kappa shape index (κ2) is 4.70. The summed E-state index contributed by atoms with van der Waals surface area (Å²) in [5.41, 5.74) is 1.15. The van der Waals surface area contributed by atoms with Gasteiger partial charge in [-0.25, -0.2) is 9.40 Å². The number of hydrogen-bond donors (Lipinski definition) is 1. The number of halogens is 1. The Kier molecular flexibility index (Phi) is 3.30. The lowest BCUT2D eigenvalue weighted by atomic mass is 10.2. The van der Waals surface area contributed by atoms with Crippen molar-refractivity contribution in [2.75, 3.05) is 26.2 Å². The first-order valence-corrected chi connectivity index (χ1v) is 5.20. The van der Waals surface area contributed by atoms with Crippen LogP contribution < -0.4 is 5.84 Å². The quantitative estimate of drug-likeness (QED) is 0.732. The normalized spacial score (nSPS) is 19.3. The van der Waals surface area contributed by atoms with E-state index in [-0.39, 0.29) is 5.82 Å². The first-order valence-electron chi connectivity index (χ1n) is 5.20. The van der Waals surface area contributed by atoms with E-state index in [2.05, 4.69) is 4.90 Å². The van der Waals surface area contributed by atoms with E-state index < -0.39 is 0 Å². The molecule has 0 aliphatic carbocycles. The van der Waals surface area contributed by atoms with Gasteiger partial charge in [0.05, 0.1) is 0 Å². The summed E-state index contributed by atoms with van der Waals surface area (Å²) in [5, 5.41) is 1.83. The van der Waals surface area contributed by atoms with E-state index in [1.54, 1.807) is 0 Å². The second-order valence-electron chi connectivity index (χ2n) is 3.94. The zero-order valence-corrected chi connectivity index (χ0v) is 8.69. The fourth-order valence-electron chi connectivity index (χ4n) is 1.77. The van der Waals surface area contributed by atoms with E-state index in [1.165, 1.54) is 12.1 Å². The smallest absolute Gasteiger partial charge is 0.123 e. The van der Waals surface area contributed by atoms with Crippen LogP contribution in [-0.2, 0) is 6.54 Å². The molecule has 82 valence electrons. The Bertz CT molecular complexity index is 304. The molecule has 0 radical (unpaired) electrons. The second-order valence-corrected chi connectivity index (χ2v) is 3.94. The lowest BCUT2D eigenvalue weighted by Gasteiger charge is -2.31. The Labute approximate surface area is 89.2 Å². The Balaban J connectivity index is 1.89. The summed E-state index contributed by atoms with van der Waals surface area (Å²) in [5.74, 6) is 5.49. The van der Waals surface area contributed by atoms with Crippen LogP contribution in [0, 0.1) is 5.82 Å². The molecule has 1 saturated heterocycles. The number of nitrogens with two attached hydrogens (primary N) is 1. The maximum atomic E-state index is 12.7. The van der Waals surface area contributed by atoms with Gasteiger partial charge in [0.1, 0.15) is 5.82 Å². The number of nitrogens with zero attached hydrogens (tertiary/aromatic N) is 2. The van der Waals surface area contributed by atoms with Crippen molar-refractivity contribution in [3.8, 4) is 0 Å². The van der Waals surface area contributed by atoms with E-state index >= 15 is 0 Å². The van der Waals surface area contributed by atoms with Crippen LogP contribution in [-0.4, -0.2) is 36.1 Å². The molecule has 1 aliphatic heterocycles. The molecule has 0 bridgehead atoms. The van der Waals surface area contributed by atoms with Crippen LogP contribution in [0.3, 0.4) is 0 Å². The molecule has 1 aliphatic rings. The van der Waals surface area contributed by atoms with Gasteiger partial charge in [-0.1, -0.05) is 12.1 Å². The predicted molar refractivity (Wildman–Crippen MR) is 57.4 cm³/mol. The zero-order chi connectivity index (χ0) is 10.7. The topological polar surface area (TPSA) is 32.5 Å². The Hall–Kier alpha value is -0.970. The number of piperazine rings is 1. The summed E-state index contributed by atoms with van der Waals surface area (Å²) in [7, 11) is 0. The van der Waals surface area contributed by atoms with Crippen LogP contribution in [0.15, 0.2) is 24.3 Å². The number of hydrazine groups is 1. The Morgan fingerprint density at radius 2 is 1.67 bits per heavy atom. The van der Waals surface area contributed by atoms with E-state index in [9.17, 15) is 4.39 Å². The van der Waals surface area contributed by atoms with E-state index in [0.717, 1.165) is 38.3 Å². The van der Waals surface area contributed by atoms with Crippen molar-refractivity contribution >= 4 is 0 Å². The number of rotatable bonds is 2. The lowest BCUT2D eigenvalue weighted by Crippen LogP contribution is -2.48. The van der Waals surface area contributed by atoms with Crippen LogP contribution in [0.1, 0.15) is 5.56 Å². The fourth-order valence-corrected chi connectivity index (χ4v) is 1.77. The van der Waals surface area contributed by atoms with Gasteiger partial charge >= 0.3 is 0 Å². The van der Waals surface area contributed by atoms with Gasteiger partial charge in [0, 0.05) is 32.7 Å². The molecule has 0 saturated carbocycles. The summed E-state index contributed by atoms with van der Waals surface area (Å²) >= 11 is 0. The average Bonchev–Trinajstić information content (AvgIpc) is 2.25. The van der Waals surface area contributed by atoms with Crippen LogP contribution in [0.5, 0.6) is 0 Å². The van der Waals surface area contributed by atoms with Crippen molar-refractivity contribution < 1.29 is 4.39 Å². The predicted octanol–water partition coefficient (Wildman–Crippen LogP) is 0.817. The molecule has 3 nitrogen and oxygen atoms in total. The third-order valence-corrected chi connectivity index (χ3v) is 2.73. The fraction of sp³-hybridized carbons (Fsp3) is 0.455. The summed E-state index contributed by atoms with van der Waals surface area (Å²) in [4.78, 5) is 2.33. The van der Waals surface area contributed by atoms with Crippen molar-refractivity contribution in [3.63, 3.8) is 0 Å². The third kappa shape index (κ3) is 2.99. The highest BCUT2D eigenvalue weighted by atomic mass is 19.1. The molecule has 1 aromatic rings. The molecule has 0 unspecified atom stereocenters. The highest BCUT2D eigenvalue weighted by Crippen LogP contribution is 2.08. The third-order valence-electron chi connectivity index (χ3n) is 2.73. The van der Waals surface area contributed by atoms with Crippen LogP contribution in [0.2, 0.25) is 0 Å². The maximum absolute atomic E-state index is 12.7. The minimum Gasteiger partial charge on any atom is -0.296 e. The van der Waals surface area contributed by atoms with E-state index in [4.69, 9.17) is 5.84 Å². The van der Waals surface area contributed by atoms with Gasteiger partial charge in [0.15, 0.2) is 0 Å². The minimum absolute atomic E-state index is 0.175. The minimum atomic E-state index is -0.175. The molecule has 15 heavy (non-hydrogen) atoms. The average molecular weight is 209 g/mol. The maximum Gasteiger partial charge on any atom is 0.123 e. The van der Waals surface area contributed by atoms with Crippen LogP contribution in [0.25, 0.3) is 0 Å². The largest absolute Gasteiger partial charge is 0.296 e. The molecule has 1 heterocycles. The highest BCUT2D eigenvalue weighted by molar-refractivity contribution is 5.15. The summed E-state index contributed by atoms with van der Waals surface area (Å²) < 4.78 is 12.7. The van der Waals surface area contributed by atoms with Gasteiger partial charge in [0.2, 0.25) is 0 Å². The summed E-state index contributed by atoms with van der Waals surface area (Å²) in [6, 6.07) is 6.69. The van der Waals surface area contributed by atoms with E-state index in [1.807, 2.05) is 17.1 Å². The lowest BCUT2D eigenvalue weighted by molar-refractivity contribution is 0.128. The molecule has 0 spiro atoms. The standard InChI is InChI=1S/C11H16FN3/c12-11-3-1-10(2-4-11)9-14-5-7-15(13)8-6-14/h1-4H,5-9,13H2. The summed E-state index contributed by atoms with van der Waals surface area (Å²) in [6.07, 6.45) is 0. The first kappa shape index (κ1) is 10.5. The van der Waals surface area contributed by atoms with Gasteiger partial charge in [-0.2, -0.15) is 0 Å². The van der Waals surface area contributed by atoms with Crippen LogP contribution in [0.4, 0.5) is 4.39 Å². The van der Waals surface area contributed by atoms with Gasteiger partial charge in [-0.3, -0.25) is 10.7 Å². The van der Waals surface area contributed by atoms with Gasteiger partial charge < -0.3 is 0 Å². The molecule has 1 fully saturated rings. The van der Waals surface area contributed by atoms with Crippen molar-refractivity contribution in [1.82, 2.24) is 9.91 Å². The first-order chi connectivity index (χ1) is 7.24. The van der Waals surface area contributed by atoms with Gasteiger partial charge in [-0.15, -0.1) is 0 Å². The molecular weight excluding hydrogens is 193 g/mol.